The van der Waals surface area contributed by atoms with E-state index in [4.69, 9.17) is 14.6 Å². The highest BCUT2D eigenvalue weighted by molar-refractivity contribution is 5.87. The van der Waals surface area contributed by atoms with E-state index in [0.717, 1.165) is 17.7 Å². The zero-order chi connectivity index (χ0) is 17.6. The van der Waals surface area contributed by atoms with Crippen LogP contribution in [0.25, 0.3) is 0 Å². The van der Waals surface area contributed by atoms with E-state index in [9.17, 15) is 4.79 Å². The molecule has 5 nitrogen and oxygen atoms in total. The van der Waals surface area contributed by atoms with E-state index < -0.39 is 5.97 Å². The molecule has 132 valence electrons. The summed E-state index contributed by atoms with van der Waals surface area (Å²) in [7, 11) is 0. The summed E-state index contributed by atoms with van der Waals surface area (Å²) in [6.07, 6.45) is 0.969. The van der Waals surface area contributed by atoms with Crippen molar-refractivity contribution in [3.05, 3.63) is 65.7 Å². The molecule has 1 aliphatic carbocycles. The maximum absolute atomic E-state index is 10.9. The number of rotatable bonds is 8. The average Bonchev–Trinajstić information content (AvgIpc) is 2.63. The smallest absolute Gasteiger partial charge is 0.335 e. The molecule has 3 unspecified atom stereocenters. The highest BCUT2D eigenvalue weighted by Gasteiger charge is 2.43. The molecule has 0 radical (unpaired) electrons. The van der Waals surface area contributed by atoms with Gasteiger partial charge in [-0.15, -0.1) is 0 Å². The standard InChI is InChI=1S/C20H23NO4/c1-2-24-18-12-17(19(18)25-16-6-4-3-5-7-16)21-13-14-8-10-15(11-9-14)20(22)23/h3-11,17-19,21H,2,12-13H2,1H3,(H,22,23). The van der Waals surface area contributed by atoms with Gasteiger partial charge in [0.25, 0.3) is 0 Å². The Balaban J connectivity index is 1.58. The fourth-order valence-electron chi connectivity index (χ4n) is 2.99. The molecule has 3 atom stereocenters. The third-order valence-electron chi connectivity index (χ3n) is 4.41. The predicted octanol–water partition coefficient (Wildman–Crippen LogP) is 3.10. The van der Waals surface area contributed by atoms with Crippen molar-refractivity contribution in [3.63, 3.8) is 0 Å². The summed E-state index contributed by atoms with van der Waals surface area (Å²) in [4.78, 5) is 10.9. The molecule has 0 saturated heterocycles. The number of nitrogens with one attached hydrogen (secondary N) is 1. The van der Waals surface area contributed by atoms with Crippen molar-refractivity contribution in [2.24, 2.45) is 0 Å². The Morgan fingerprint density at radius 3 is 2.52 bits per heavy atom. The molecule has 0 heterocycles. The Bertz CT molecular complexity index is 687. The maximum Gasteiger partial charge on any atom is 0.335 e. The van der Waals surface area contributed by atoms with Crippen molar-refractivity contribution >= 4 is 5.97 Å². The third-order valence-corrected chi connectivity index (χ3v) is 4.41. The van der Waals surface area contributed by atoms with Gasteiger partial charge >= 0.3 is 5.97 Å². The fourth-order valence-corrected chi connectivity index (χ4v) is 2.99. The highest BCUT2D eigenvalue weighted by atomic mass is 16.5. The minimum atomic E-state index is -0.908. The molecular weight excluding hydrogens is 318 g/mol. The molecule has 0 bridgehead atoms. The van der Waals surface area contributed by atoms with E-state index in [0.29, 0.717) is 18.7 Å². The van der Waals surface area contributed by atoms with Crippen molar-refractivity contribution in [3.8, 4) is 5.75 Å². The fraction of sp³-hybridized carbons (Fsp3) is 0.350. The molecule has 1 aliphatic rings. The monoisotopic (exact) mass is 341 g/mol. The lowest BCUT2D eigenvalue weighted by molar-refractivity contribution is -0.102. The average molecular weight is 341 g/mol. The van der Waals surface area contributed by atoms with E-state index in [1.165, 1.54) is 0 Å². The van der Waals surface area contributed by atoms with Gasteiger partial charge in [0, 0.05) is 19.2 Å². The minimum Gasteiger partial charge on any atom is -0.486 e. The Hall–Kier alpha value is -2.37. The quantitative estimate of drug-likeness (QED) is 0.772. The maximum atomic E-state index is 10.9. The van der Waals surface area contributed by atoms with Gasteiger partial charge in [-0.3, -0.25) is 0 Å². The van der Waals surface area contributed by atoms with Crippen molar-refractivity contribution in [2.45, 2.75) is 38.1 Å². The molecule has 2 N–H and O–H groups in total. The van der Waals surface area contributed by atoms with Crippen LogP contribution in [0.4, 0.5) is 0 Å². The molecule has 0 spiro atoms. The second kappa shape index (κ2) is 8.14. The lowest BCUT2D eigenvalue weighted by atomic mass is 9.85. The van der Waals surface area contributed by atoms with Crippen LogP contribution in [0.2, 0.25) is 0 Å². The van der Waals surface area contributed by atoms with Crippen LogP contribution >= 0.6 is 0 Å². The molecule has 0 aromatic heterocycles. The number of para-hydroxylation sites is 1. The number of aromatic carboxylic acids is 1. The summed E-state index contributed by atoms with van der Waals surface area (Å²) < 4.78 is 11.9. The summed E-state index contributed by atoms with van der Waals surface area (Å²) in [6.45, 7) is 3.32. The number of carboxylic acid groups (broad SMARTS) is 1. The van der Waals surface area contributed by atoms with E-state index in [1.807, 2.05) is 49.4 Å². The lowest BCUT2D eigenvalue weighted by Gasteiger charge is -2.44. The van der Waals surface area contributed by atoms with Gasteiger partial charge < -0.3 is 19.9 Å². The molecule has 3 rings (SSSR count). The van der Waals surface area contributed by atoms with Crippen LogP contribution in [0.15, 0.2) is 54.6 Å². The van der Waals surface area contributed by atoms with Gasteiger partial charge in [0.2, 0.25) is 0 Å². The first-order chi connectivity index (χ1) is 12.2. The predicted molar refractivity (Wildman–Crippen MR) is 94.9 cm³/mol. The van der Waals surface area contributed by atoms with Crippen LogP contribution < -0.4 is 10.1 Å². The molecule has 25 heavy (non-hydrogen) atoms. The number of hydrogen-bond acceptors (Lipinski definition) is 4. The number of ether oxygens (including phenoxy) is 2. The van der Waals surface area contributed by atoms with Crippen LogP contribution in [0.1, 0.15) is 29.3 Å². The van der Waals surface area contributed by atoms with Crippen LogP contribution in [0, 0.1) is 0 Å². The second-order valence-corrected chi connectivity index (χ2v) is 6.11. The summed E-state index contributed by atoms with van der Waals surface area (Å²) in [5.41, 5.74) is 1.34. The molecule has 5 heteroatoms. The van der Waals surface area contributed by atoms with Gasteiger partial charge in [0.15, 0.2) is 0 Å². The van der Waals surface area contributed by atoms with Gasteiger partial charge in [0.05, 0.1) is 11.7 Å². The Morgan fingerprint density at radius 1 is 1.16 bits per heavy atom. The summed E-state index contributed by atoms with van der Waals surface area (Å²) in [5.74, 6) is -0.0658. The van der Waals surface area contributed by atoms with Gasteiger partial charge in [0.1, 0.15) is 11.9 Å². The van der Waals surface area contributed by atoms with E-state index in [-0.39, 0.29) is 18.2 Å². The minimum absolute atomic E-state index is 0.0272. The van der Waals surface area contributed by atoms with Crippen molar-refractivity contribution in [1.82, 2.24) is 5.32 Å². The topological polar surface area (TPSA) is 67.8 Å². The molecule has 1 fully saturated rings. The zero-order valence-electron chi connectivity index (χ0n) is 14.2. The summed E-state index contributed by atoms with van der Waals surface area (Å²) in [6, 6.07) is 16.9. The van der Waals surface area contributed by atoms with E-state index in [1.54, 1.807) is 12.1 Å². The third kappa shape index (κ3) is 4.38. The van der Waals surface area contributed by atoms with Gasteiger partial charge in [-0.1, -0.05) is 30.3 Å². The number of carbonyl (C=O) groups is 1. The van der Waals surface area contributed by atoms with Crippen molar-refractivity contribution in [1.29, 1.82) is 0 Å². The normalized spacial score (nSPS) is 22.2. The number of carboxylic acids is 1. The van der Waals surface area contributed by atoms with Crippen LogP contribution in [-0.2, 0) is 11.3 Å². The van der Waals surface area contributed by atoms with Crippen LogP contribution in [-0.4, -0.2) is 35.9 Å². The first kappa shape index (κ1) is 17.5. The Morgan fingerprint density at radius 2 is 1.88 bits per heavy atom. The van der Waals surface area contributed by atoms with E-state index in [2.05, 4.69) is 5.32 Å². The summed E-state index contributed by atoms with van der Waals surface area (Å²) >= 11 is 0. The van der Waals surface area contributed by atoms with Crippen molar-refractivity contribution in [2.75, 3.05) is 6.61 Å². The van der Waals surface area contributed by atoms with Gasteiger partial charge in [-0.2, -0.15) is 0 Å². The molecule has 2 aromatic rings. The number of benzene rings is 2. The van der Waals surface area contributed by atoms with E-state index >= 15 is 0 Å². The summed E-state index contributed by atoms with van der Waals surface area (Å²) in [5, 5.41) is 12.4. The SMILES string of the molecule is CCOC1CC(NCc2ccc(C(=O)O)cc2)C1Oc1ccccc1. The molecule has 1 saturated carbocycles. The number of hydrogen-bond donors (Lipinski definition) is 2. The second-order valence-electron chi connectivity index (χ2n) is 6.11. The first-order valence-corrected chi connectivity index (χ1v) is 8.56. The van der Waals surface area contributed by atoms with Gasteiger partial charge in [-0.25, -0.2) is 4.79 Å². The molecular formula is C20H23NO4. The largest absolute Gasteiger partial charge is 0.486 e. The molecule has 2 aromatic carbocycles. The van der Waals surface area contributed by atoms with Crippen LogP contribution in [0.3, 0.4) is 0 Å². The Labute approximate surface area is 147 Å². The lowest BCUT2D eigenvalue weighted by Crippen LogP contribution is -2.61. The molecule has 0 aliphatic heterocycles. The van der Waals surface area contributed by atoms with Gasteiger partial charge in [-0.05, 0) is 43.2 Å². The van der Waals surface area contributed by atoms with Crippen LogP contribution in [0.5, 0.6) is 5.75 Å². The zero-order valence-corrected chi connectivity index (χ0v) is 14.2. The molecule has 0 amide bonds. The Kier molecular flexibility index (Phi) is 5.68. The first-order valence-electron chi connectivity index (χ1n) is 8.56. The highest BCUT2D eigenvalue weighted by Crippen LogP contribution is 2.29. The van der Waals surface area contributed by atoms with Crippen molar-refractivity contribution < 1.29 is 19.4 Å².